The zero-order chi connectivity index (χ0) is 19.9. The maximum Gasteiger partial charge on any atom is 0.417 e. The van der Waals surface area contributed by atoms with Crippen LogP contribution in [0.25, 0.3) is 11.0 Å². The molecule has 8 nitrogen and oxygen atoms in total. The average molecular weight is 391 g/mol. The van der Waals surface area contributed by atoms with Crippen molar-refractivity contribution >= 4 is 16.7 Å². The summed E-state index contributed by atoms with van der Waals surface area (Å²) < 4.78 is 49.0. The standard InChI is InChI=1S/C16H16F3NO7/c17-16(18,19)8-4-11(22)26-9-3-6(1-2-7(8)9)20-12-14(24)13(23)10(5-21)27-15(12)25/h1-4,10,12-15,20-21,23-25H,5H2/t10?,12?,13-,14?,15?/m1/s1. The molecule has 1 aliphatic heterocycles. The van der Waals surface area contributed by atoms with Crippen molar-refractivity contribution in [2.45, 2.75) is 36.8 Å². The molecule has 0 saturated carbocycles. The van der Waals surface area contributed by atoms with E-state index < -0.39 is 54.6 Å². The van der Waals surface area contributed by atoms with Crippen LogP contribution in [0.15, 0.2) is 33.5 Å². The number of aliphatic hydroxyl groups excluding tert-OH is 4. The molecular weight excluding hydrogens is 375 g/mol. The van der Waals surface area contributed by atoms with Crippen LogP contribution >= 0.6 is 0 Å². The first-order valence-electron chi connectivity index (χ1n) is 7.84. The zero-order valence-electron chi connectivity index (χ0n) is 13.6. The van der Waals surface area contributed by atoms with Crippen LogP contribution in [0.3, 0.4) is 0 Å². The summed E-state index contributed by atoms with van der Waals surface area (Å²) in [6.07, 6.45) is -10.6. The van der Waals surface area contributed by atoms with Gasteiger partial charge in [-0.3, -0.25) is 0 Å². The fourth-order valence-corrected chi connectivity index (χ4v) is 2.93. The van der Waals surface area contributed by atoms with E-state index in [2.05, 4.69) is 5.32 Å². The summed E-state index contributed by atoms with van der Waals surface area (Å²) in [7, 11) is 0. The molecule has 27 heavy (non-hydrogen) atoms. The molecule has 1 aromatic heterocycles. The Hall–Kier alpha value is -2.18. The Morgan fingerprint density at radius 3 is 2.44 bits per heavy atom. The Morgan fingerprint density at radius 1 is 1.11 bits per heavy atom. The van der Waals surface area contributed by atoms with Gasteiger partial charge in [-0.25, -0.2) is 4.79 Å². The second kappa shape index (κ2) is 7.09. The molecule has 0 amide bonds. The van der Waals surface area contributed by atoms with E-state index in [-0.39, 0.29) is 16.7 Å². The van der Waals surface area contributed by atoms with E-state index in [1.54, 1.807) is 0 Å². The molecule has 1 aromatic carbocycles. The predicted molar refractivity (Wildman–Crippen MR) is 84.9 cm³/mol. The number of ether oxygens (including phenoxy) is 1. The van der Waals surface area contributed by atoms with E-state index in [1.165, 1.54) is 6.07 Å². The SMILES string of the molecule is O=c1cc(C(F)(F)F)c2ccc(NC3C(O)OC(CO)[C@@H](O)C3O)cc2o1. The van der Waals surface area contributed by atoms with Gasteiger partial charge < -0.3 is 34.9 Å². The zero-order valence-corrected chi connectivity index (χ0v) is 13.6. The van der Waals surface area contributed by atoms with E-state index in [0.717, 1.165) is 12.1 Å². The normalized spacial score (nSPS) is 29.1. The number of hydrogen-bond acceptors (Lipinski definition) is 8. The second-order valence-corrected chi connectivity index (χ2v) is 6.09. The summed E-state index contributed by atoms with van der Waals surface area (Å²) in [6, 6.07) is 2.48. The lowest BCUT2D eigenvalue weighted by atomic mass is 9.96. The minimum absolute atomic E-state index is 0.103. The average Bonchev–Trinajstić information content (AvgIpc) is 2.60. The Kier molecular flexibility index (Phi) is 5.14. The lowest BCUT2D eigenvalue weighted by Crippen LogP contribution is -2.61. The molecule has 2 heterocycles. The molecule has 3 rings (SSSR count). The van der Waals surface area contributed by atoms with Gasteiger partial charge >= 0.3 is 11.8 Å². The van der Waals surface area contributed by atoms with E-state index in [1.807, 2.05) is 0 Å². The Labute approximate surface area is 149 Å². The summed E-state index contributed by atoms with van der Waals surface area (Å²) in [6.45, 7) is -0.636. The van der Waals surface area contributed by atoms with E-state index in [0.29, 0.717) is 6.07 Å². The number of aliphatic hydroxyl groups is 4. The number of rotatable bonds is 3. The van der Waals surface area contributed by atoms with E-state index >= 15 is 0 Å². The molecular formula is C16H16F3NO7. The highest BCUT2D eigenvalue weighted by molar-refractivity contribution is 5.84. The number of anilines is 1. The second-order valence-electron chi connectivity index (χ2n) is 6.09. The van der Waals surface area contributed by atoms with Crippen molar-refractivity contribution in [1.29, 1.82) is 0 Å². The molecule has 1 aliphatic rings. The first-order valence-corrected chi connectivity index (χ1v) is 7.84. The van der Waals surface area contributed by atoms with Crippen LogP contribution in [0, 0.1) is 0 Å². The predicted octanol–water partition coefficient (Wildman–Crippen LogP) is 0.0236. The Bertz CT molecular complexity index is 884. The molecule has 0 bridgehead atoms. The van der Waals surface area contributed by atoms with Gasteiger partial charge in [0, 0.05) is 23.2 Å². The van der Waals surface area contributed by atoms with Gasteiger partial charge in [0.1, 0.15) is 29.9 Å². The molecule has 4 unspecified atom stereocenters. The molecule has 0 spiro atoms. The maximum atomic E-state index is 13.1. The van der Waals surface area contributed by atoms with Gasteiger partial charge in [0.25, 0.3) is 0 Å². The number of halogens is 3. The topological polar surface area (TPSA) is 132 Å². The fraction of sp³-hybridized carbons (Fsp3) is 0.438. The Balaban J connectivity index is 1.93. The summed E-state index contributed by atoms with van der Waals surface area (Å²) in [4.78, 5) is 11.4. The molecule has 0 radical (unpaired) electrons. The Morgan fingerprint density at radius 2 is 1.81 bits per heavy atom. The summed E-state index contributed by atoms with van der Waals surface area (Å²) in [5.41, 5.74) is -2.59. The minimum Gasteiger partial charge on any atom is -0.423 e. The molecule has 5 atom stereocenters. The monoisotopic (exact) mass is 391 g/mol. The molecule has 1 saturated heterocycles. The lowest BCUT2D eigenvalue weighted by molar-refractivity contribution is -0.245. The highest BCUT2D eigenvalue weighted by atomic mass is 19.4. The number of alkyl halides is 3. The van der Waals surface area contributed by atoms with Gasteiger partial charge in [-0.15, -0.1) is 0 Å². The number of fused-ring (bicyclic) bond motifs is 1. The van der Waals surface area contributed by atoms with Gasteiger partial charge in [-0.05, 0) is 12.1 Å². The van der Waals surface area contributed by atoms with Gasteiger partial charge in [-0.2, -0.15) is 13.2 Å². The van der Waals surface area contributed by atoms with Crippen molar-refractivity contribution in [3.8, 4) is 0 Å². The van der Waals surface area contributed by atoms with Gasteiger partial charge in [-0.1, -0.05) is 0 Å². The number of hydrogen-bond donors (Lipinski definition) is 5. The van der Waals surface area contributed by atoms with Crippen LogP contribution in [0.4, 0.5) is 18.9 Å². The molecule has 11 heteroatoms. The van der Waals surface area contributed by atoms with Crippen LogP contribution in [0.1, 0.15) is 5.56 Å². The summed E-state index contributed by atoms with van der Waals surface area (Å²) >= 11 is 0. The molecule has 5 N–H and O–H groups in total. The summed E-state index contributed by atoms with van der Waals surface area (Å²) in [5.74, 6) is 0. The highest BCUT2D eigenvalue weighted by Crippen LogP contribution is 2.35. The van der Waals surface area contributed by atoms with Crippen molar-refractivity contribution in [1.82, 2.24) is 0 Å². The van der Waals surface area contributed by atoms with Gasteiger partial charge in [0.2, 0.25) is 0 Å². The first-order chi connectivity index (χ1) is 12.6. The largest absolute Gasteiger partial charge is 0.423 e. The van der Waals surface area contributed by atoms with Crippen molar-refractivity contribution in [3.05, 3.63) is 40.2 Å². The van der Waals surface area contributed by atoms with Crippen molar-refractivity contribution in [2.24, 2.45) is 0 Å². The van der Waals surface area contributed by atoms with Crippen molar-refractivity contribution < 1.29 is 42.8 Å². The number of benzene rings is 1. The van der Waals surface area contributed by atoms with Crippen molar-refractivity contribution in [3.63, 3.8) is 0 Å². The van der Waals surface area contributed by atoms with Gasteiger partial charge in [0.05, 0.1) is 12.2 Å². The van der Waals surface area contributed by atoms with Crippen LogP contribution in [-0.4, -0.2) is 57.7 Å². The molecule has 2 aromatic rings. The third-order valence-corrected chi connectivity index (χ3v) is 4.28. The van der Waals surface area contributed by atoms with Crippen LogP contribution in [0.2, 0.25) is 0 Å². The molecule has 148 valence electrons. The summed E-state index contributed by atoms with van der Waals surface area (Å²) in [5, 5.41) is 41.2. The quantitative estimate of drug-likeness (QED) is 0.463. The fourth-order valence-electron chi connectivity index (χ4n) is 2.93. The van der Waals surface area contributed by atoms with E-state index in [9.17, 15) is 33.3 Å². The third kappa shape index (κ3) is 3.77. The molecule has 0 aliphatic carbocycles. The third-order valence-electron chi connectivity index (χ3n) is 4.28. The van der Waals surface area contributed by atoms with Crippen molar-refractivity contribution in [2.75, 3.05) is 11.9 Å². The van der Waals surface area contributed by atoms with Gasteiger partial charge in [0.15, 0.2) is 6.29 Å². The number of nitrogens with one attached hydrogen (secondary N) is 1. The smallest absolute Gasteiger partial charge is 0.417 e. The van der Waals surface area contributed by atoms with Crippen LogP contribution in [-0.2, 0) is 10.9 Å². The van der Waals surface area contributed by atoms with Crippen LogP contribution in [0.5, 0.6) is 0 Å². The first kappa shape index (κ1) is 19.6. The molecule has 1 fully saturated rings. The maximum absolute atomic E-state index is 13.1. The highest BCUT2D eigenvalue weighted by Gasteiger charge is 2.43. The minimum atomic E-state index is -4.75. The lowest BCUT2D eigenvalue weighted by Gasteiger charge is -2.40. The van der Waals surface area contributed by atoms with Crippen LogP contribution < -0.4 is 10.9 Å². The van der Waals surface area contributed by atoms with E-state index in [4.69, 9.17) is 14.3 Å².